The first-order chi connectivity index (χ1) is 16.7. The van der Waals surface area contributed by atoms with E-state index < -0.39 is 0 Å². The summed E-state index contributed by atoms with van der Waals surface area (Å²) in [5.74, 6) is 1.06. The molecule has 6 heteroatoms. The van der Waals surface area contributed by atoms with Crippen LogP contribution in [-0.4, -0.2) is 31.1 Å². The van der Waals surface area contributed by atoms with Gasteiger partial charge in [0.15, 0.2) is 0 Å². The minimum Gasteiger partial charge on any atom is -0.497 e. The van der Waals surface area contributed by atoms with Crippen molar-refractivity contribution >= 4 is 6.03 Å². The van der Waals surface area contributed by atoms with Crippen LogP contribution in [0.2, 0.25) is 0 Å². The number of hydrogen-bond acceptors (Lipinski definition) is 4. The van der Waals surface area contributed by atoms with Gasteiger partial charge in [0.05, 0.1) is 13.2 Å². The number of nitrogens with one attached hydrogen (secondary N) is 3. The van der Waals surface area contributed by atoms with Crippen molar-refractivity contribution in [2.45, 2.75) is 32.5 Å². The molecule has 1 heterocycles. The molecule has 2 atom stereocenters. The summed E-state index contributed by atoms with van der Waals surface area (Å²) < 4.78 is 5.30. The third-order valence-electron chi connectivity index (χ3n) is 6.40. The van der Waals surface area contributed by atoms with Gasteiger partial charge in [-0.2, -0.15) is 0 Å². The molecular formula is C28H34N4O2. The van der Waals surface area contributed by atoms with E-state index in [1.54, 1.807) is 7.11 Å². The van der Waals surface area contributed by atoms with E-state index in [2.05, 4.69) is 59.5 Å². The molecule has 1 saturated heterocycles. The fourth-order valence-corrected chi connectivity index (χ4v) is 4.36. The third kappa shape index (κ3) is 6.16. The molecule has 0 bridgehead atoms. The van der Waals surface area contributed by atoms with Crippen LogP contribution < -0.4 is 20.9 Å². The Morgan fingerprint density at radius 1 is 0.971 bits per heavy atom. The summed E-state index contributed by atoms with van der Waals surface area (Å²) in [6.07, 6.45) is 1.00. The van der Waals surface area contributed by atoms with Gasteiger partial charge in [0, 0.05) is 32.1 Å². The van der Waals surface area contributed by atoms with Gasteiger partial charge >= 0.3 is 6.03 Å². The van der Waals surface area contributed by atoms with Crippen LogP contribution >= 0.6 is 0 Å². The quantitative estimate of drug-likeness (QED) is 0.444. The van der Waals surface area contributed by atoms with E-state index in [1.807, 2.05) is 47.4 Å². The first kappa shape index (κ1) is 23.8. The van der Waals surface area contributed by atoms with Crippen LogP contribution in [0.25, 0.3) is 0 Å². The highest BCUT2D eigenvalue weighted by Crippen LogP contribution is 2.27. The second kappa shape index (κ2) is 11.7. The van der Waals surface area contributed by atoms with Crippen molar-refractivity contribution in [2.75, 3.05) is 20.2 Å². The number of amides is 2. The number of benzene rings is 3. The summed E-state index contributed by atoms with van der Waals surface area (Å²) in [5.41, 5.74) is 11.4. The molecule has 4 rings (SSSR count). The van der Waals surface area contributed by atoms with E-state index in [-0.39, 0.29) is 18.0 Å². The van der Waals surface area contributed by atoms with Crippen molar-refractivity contribution in [3.63, 3.8) is 0 Å². The summed E-state index contributed by atoms with van der Waals surface area (Å²) in [7, 11) is 1.67. The minimum atomic E-state index is -0.0520. The predicted molar refractivity (Wildman–Crippen MR) is 135 cm³/mol. The first-order valence-corrected chi connectivity index (χ1v) is 11.9. The van der Waals surface area contributed by atoms with Gasteiger partial charge in [-0.25, -0.2) is 10.2 Å². The zero-order valence-electron chi connectivity index (χ0n) is 20.0. The fraction of sp³-hybridized carbons (Fsp3) is 0.321. The Hall–Kier alpha value is -3.35. The van der Waals surface area contributed by atoms with Crippen LogP contribution in [0.4, 0.5) is 4.79 Å². The average Bonchev–Trinajstić information content (AvgIpc) is 3.36. The Balaban J connectivity index is 1.48. The van der Waals surface area contributed by atoms with Gasteiger partial charge in [-0.05, 0) is 40.8 Å². The highest BCUT2D eigenvalue weighted by atomic mass is 16.5. The molecule has 0 aromatic heterocycles. The summed E-state index contributed by atoms with van der Waals surface area (Å²) >= 11 is 0. The van der Waals surface area contributed by atoms with E-state index in [1.165, 1.54) is 11.1 Å². The van der Waals surface area contributed by atoms with Crippen LogP contribution in [-0.2, 0) is 19.5 Å². The molecule has 3 aromatic rings. The van der Waals surface area contributed by atoms with Crippen molar-refractivity contribution in [3.05, 3.63) is 101 Å². The van der Waals surface area contributed by atoms with Crippen LogP contribution in [0.15, 0.2) is 78.9 Å². The van der Waals surface area contributed by atoms with Crippen molar-refractivity contribution in [1.29, 1.82) is 0 Å². The Bertz CT molecular complexity index is 1040. The summed E-state index contributed by atoms with van der Waals surface area (Å²) in [6, 6.07) is 26.7. The normalized spacial score (nSPS) is 17.4. The van der Waals surface area contributed by atoms with Gasteiger partial charge in [-0.15, -0.1) is 0 Å². The van der Waals surface area contributed by atoms with Crippen LogP contribution in [0.1, 0.15) is 35.2 Å². The Morgan fingerprint density at radius 3 is 2.35 bits per heavy atom. The molecule has 1 aliphatic rings. The lowest BCUT2D eigenvalue weighted by Gasteiger charge is -2.29. The van der Waals surface area contributed by atoms with Gasteiger partial charge < -0.3 is 15.0 Å². The van der Waals surface area contributed by atoms with Crippen LogP contribution in [0.5, 0.6) is 5.75 Å². The topological polar surface area (TPSA) is 65.6 Å². The fourth-order valence-electron chi connectivity index (χ4n) is 4.36. The molecule has 1 aliphatic heterocycles. The van der Waals surface area contributed by atoms with Gasteiger partial charge in [0.1, 0.15) is 5.75 Å². The standard InChI is InChI=1S/C28H34N4O2/c1-3-21-9-11-23(12-10-21)19-32(28(33)29-17-22-7-5-4-6-8-22)20-25-18-30-31-27(25)24-13-15-26(34-2)16-14-24/h4-16,25,27,30-31H,3,17-20H2,1-2H3,(H,29,33). The molecule has 34 heavy (non-hydrogen) atoms. The van der Waals surface area contributed by atoms with E-state index in [4.69, 9.17) is 4.74 Å². The van der Waals surface area contributed by atoms with E-state index in [0.29, 0.717) is 19.6 Å². The predicted octanol–water partition coefficient (Wildman–Crippen LogP) is 4.43. The molecule has 0 aliphatic carbocycles. The number of rotatable bonds is 9. The lowest BCUT2D eigenvalue weighted by molar-refractivity contribution is 0.182. The van der Waals surface area contributed by atoms with E-state index in [0.717, 1.165) is 29.8 Å². The molecular weight excluding hydrogens is 424 g/mol. The van der Waals surface area contributed by atoms with Crippen LogP contribution in [0, 0.1) is 5.92 Å². The third-order valence-corrected chi connectivity index (χ3v) is 6.40. The lowest BCUT2D eigenvalue weighted by atomic mass is 9.94. The second-order valence-corrected chi connectivity index (χ2v) is 8.73. The number of carbonyl (C=O) groups excluding carboxylic acids is 1. The Labute approximate surface area is 202 Å². The summed E-state index contributed by atoms with van der Waals surface area (Å²) in [4.78, 5) is 15.2. The molecule has 2 amide bonds. The molecule has 0 saturated carbocycles. The zero-order chi connectivity index (χ0) is 23.8. The highest BCUT2D eigenvalue weighted by Gasteiger charge is 2.31. The van der Waals surface area contributed by atoms with Crippen molar-refractivity contribution < 1.29 is 9.53 Å². The molecule has 0 radical (unpaired) electrons. The summed E-state index contributed by atoms with van der Waals surface area (Å²) in [6.45, 7) is 4.64. The number of ether oxygens (including phenoxy) is 1. The maximum absolute atomic E-state index is 13.3. The summed E-state index contributed by atoms with van der Waals surface area (Å²) in [5, 5.41) is 3.12. The number of aryl methyl sites for hydroxylation is 1. The second-order valence-electron chi connectivity index (χ2n) is 8.73. The molecule has 0 spiro atoms. The van der Waals surface area contributed by atoms with Crippen LogP contribution in [0.3, 0.4) is 0 Å². The maximum atomic E-state index is 13.3. The highest BCUT2D eigenvalue weighted by molar-refractivity contribution is 5.74. The maximum Gasteiger partial charge on any atom is 0.317 e. The zero-order valence-corrected chi connectivity index (χ0v) is 20.0. The van der Waals surface area contributed by atoms with Gasteiger partial charge in [0.2, 0.25) is 0 Å². The number of nitrogens with zero attached hydrogens (tertiary/aromatic N) is 1. The Morgan fingerprint density at radius 2 is 1.68 bits per heavy atom. The average molecular weight is 459 g/mol. The first-order valence-electron chi connectivity index (χ1n) is 11.9. The molecule has 2 unspecified atom stereocenters. The van der Waals surface area contributed by atoms with Crippen molar-refractivity contribution in [1.82, 2.24) is 21.1 Å². The van der Waals surface area contributed by atoms with Crippen molar-refractivity contribution in [2.24, 2.45) is 5.92 Å². The molecule has 3 aromatic carbocycles. The van der Waals surface area contributed by atoms with E-state index >= 15 is 0 Å². The minimum absolute atomic E-state index is 0.0520. The van der Waals surface area contributed by atoms with Gasteiger partial charge in [0.25, 0.3) is 0 Å². The molecule has 1 fully saturated rings. The van der Waals surface area contributed by atoms with E-state index in [9.17, 15) is 4.79 Å². The number of urea groups is 1. The van der Waals surface area contributed by atoms with Gasteiger partial charge in [-0.3, -0.25) is 5.43 Å². The SMILES string of the molecule is CCc1ccc(CN(CC2CNNC2c2ccc(OC)cc2)C(=O)NCc2ccccc2)cc1. The molecule has 178 valence electrons. The number of methoxy groups -OCH3 is 1. The lowest BCUT2D eigenvalue weighted by Crippen LogP contribution is -2.43. The number of hydrazine groups is 1. The monoisotopic (exact) mass is 458 g/mol. The smallest absolute Gasteiger partial charge is 0.317 e. The van der Waals surface area contributed by atoms with Gasteiger partial charge in [-0.1, -0.05) is 73.7 Å². The number of hydrogen-bond donors (Lipinski definition) is 3. The Kier molecular flexibility index (Phi) is 8.17. The van der Waals surface area contributed by atoms with Crippen molar-refractivity contribution in [3.8, 4) is 5.75 Å². The number of carbonyl (C=O) groups is 1. The molecule has 3 N–H and O–H groups in total. The largest absolute Gasteiger partial charge is 0.497 e. The molecule has 6 nitrogen and oxygen atoms in total.